The van der Waals surface area contributed by atoms with Crippen LogP contribution in [-0.4, -0.2) is 55.6 Å². The van der Waals surface area contributed by atoms with Crippen LogP contribution in [0.2, 0.25) is 0 Å². The summed E-state index contributed by atoms with van der Waals surface area (Å²) in [6, 6.07) is 16.3. The van der Waals surface area contributed by atoms with Crippen LogP contribution < -0.4 is 20.1 Å². The Morgan fingerprint density at radius 1 is 0.583 bits per heavy atom. The summed E-state index contributed by atoms with van der Waals surface area (Å²) in [5.74, 6) is 1.76. The molecule has 0 spiro atoms. The molecular formula is C50H79N3O7. The van der Waals surface area contributed by atoms with Crippen LogP contribution in [0.25, 0.3) is 0 Å². The maximum atomic E-state index is 13.0. The first kappa shape index (κ1) is 50.1. The van der Waals surface area contributed by atoms with E-state index in [0.29, 0.717) is 44.2 Å². The fraction of sp³-hybridized carbons (Fsp3) is 0.660. The van der Waals surface area contributed by atoms with Crippen molar-refractivity contribution in [1.82, 2.24) is 15.5 Å². The molecule has 0 aromatic heterocycles. The summed E-state index contributed by atoms with van der Waals surface area (Å²) in [4.78, 5) is 39.0. The zero-order valence-electron chi connectivity index (χ0n) is 37.2. The molecule has 2 aromatic rings. The van der Waals surface area contributed by atoms with E-state index in [4.69, 9.17) is 18.9 Å². The van der Waals surface area contributed by atoms with Gasteiger partial charge in [-0.3, -0.25) is 4.90 Å². The summed E-state index contributed by atoms with van der Waals surface area (Å²) in [5.41, 5.74) is 0. The van der Waals surface area contributed by atoms with Crippen LogP contribution in [0.1, 0.15) is 180 Å². The molecule has 10 heteroatoms. The van der Waals surface area contributed by atoms with E-state index in [-0.39, 0.29) is 6.09 Å². The smallest absolute Gasteiger partial charge is 0.418 e. The Morgan fingerprint density at radius 2 is 1.08 bits per heavy atom. The Kier molecular flexibility index (Phi) is 28.8. The number of para-hydroxylation sites is 1. The first-order valence-corrected chi connectivity index (χ1v) is 23.9. The number of hydrogen-bond donors (Lipinski definition) is 2. The van der Waals surface area contributed by atoms with Crippen molar-refractivity contribution in [2.75, 3.05) is 26.2 Å². The van der Waals surface area contributed by atoms with E-state index in [1.807, 2.05) is 30.3 Å². The van der Waals surface area contributed by atoms with Crippen LogP contribution in [0.5, 0.6) is 17.2 Å². The molecule has 1 aliphatic rings. The zero-order valence-corrected chi connectivity index (χ0v) is 37.2. The summed E-state index contributed by atoms with van der Waals surface area (Å²) in [7, 11) is 0. The fourth-order valence-corrected chi connectivity index (χ4v) is 7.37. The van der Waals surface area contributed by atoms with Gasteiger partial charge >= 0.3 is 18.3 Å². The molecule has 336 valence electrons. The van der Waals surface area contributed by atoms with Crippen molar-refractivity contribution in [3.63, 3.8) is 0 Å². The standard InChI is InChI=1S/C50H79N3O7/c1-2-3-4-5-6-7-8-9-10-11-12-13-16-19-22-29-40-51-48(54)57-43-32-24-21-18-15-14-17-20-23-30-41-52-49(55)60-47-35-28-31-42-53(47)50(56)59-46-38-36-45(37-39-46)58-44-33-26-25-27-34-44/h9-10,25-27,33-34,36-39,47H,2-8,11-24,28-32,35,40-43H2,1H3,(H,51,54)(H,52,55)/b10-9+. The van der Waals surface area contributed by atoms with Gasteiger partial charge in [0.05, 0.1) is 6.61 Å². The lowest BCUT2D eigenvalue weighted by atomic mass is 10.1. The Morgan fingerprint density at radius 3 is 1.68 bits per heavy atom. The minimum Gasteiger partial charge on any atom is -0.457 e. The van der Waals surface area contributed by atoms with Crippen LogP contribution in [0, 0.1) is 0 Å². The molecule has 1 fully saturated rings. The van der Waals surface area contributed by atoms with Crippen molar-refractivity contribution in [2.45, 2.75) is 187 Å². The van der Waals surface area contributed by atoms with E-state index < -0.39 is 18.4 Å². The van der Waals surface area contributed by atoms with Crippen molar-refractivity contribution in [3.05, 3.63) is 66.7 Å². The first-order chi connectivity index (χ1) is 29.5. The number of carbonyl (C=O) groups excluding carboxylic acids is 3. The fourth-order valence-electron chi connectivity index (χ4n) is 7.37. The Labute approximate surface area is 362 Å². The van der Waals surface area contributed by atoms with Crippen LogP contribution in [0.3, 0.4) is 0 Å². The molecule has 0 radical (unpaired) electrons. The number of alkyl carbamates (subject to hydrolysis) is 2. The Bertz CT molecular complexity index is 1400. The number of piperidine rings is 1. The summed E-state index contributed by atoms with van der Waals surface area (Å²) >= 11 is 0. The van der Waals surface area contributed by atoms with Crippen LogP contribution >= 0.6 is 0 Å². The maximum absolute atomic E-state index is 13.0. The van der Waals surface area contributed by atoms with E-state index in [1.165, 1.54) is 114 Å². The number of ether oxygens (including phenoxy) is 4. The van der Waals surface area contributed by atoms with Crippen molar-refractivity contribution in [2.24, 2.45) is 0 Å². The number of rotatable bonds is 33. The van der Waals surface area contributed by atoms with Crippen LogP contribution in [-0.2, 0) is 9.47 Å². The Hall–Kier alpha value is -4.21. The molecule has 0 aliphatic carbocycles. The third kappa shape index (κ3) is 25.4. The van der Waals surface area contributed by atoms with Gasteiger partial charge in [0, 0.05) is 26.1 Å². The predicted octanol–water partition coefficient (Wildman–Crippen LogP) is 14.2. The van der Waals surface area contributed by atoms with E-state index >= 15 is 0 Å². The van der Waals surface area contributed by atoms with Gasteiger partial charge in [0.15, 0.2) is 6.23 Å². The normalized spacial score (nSPS) is 13.9. The zero-order chi connectivity index (χ0) is 42.6. The average Bonchev–Trinajstić information content (AvgIpc) is 3.26. The molecule has 1 aliphatic heterocycles. The molecule has 10 nitrogen and oxygen atoms in total. The number of allylic oxidation sites excluding steroid dienone is 2. The monoisotopic (exact) mass is 834 g/mol. The minimum atomic E-state index is -0.652. The summed E-state index contributed by atoms with van der Waals surface area (Å²) in [5, 5.41) is 5.75. The number of likely N-dealkylation sites (tertiary alicyclic amines) is 1. The maximum Gasteiger partial charge on any atom is 0.418 e. The van der Waals surface area contributed by atoms with Crippen molar-refractivity contribution >= 4 is 18.3 Å². The number of benzene rings is 2. The van der Waals surface area contributed by atoms with Gasteiger partial charge in [0.1, 0.15) is 17.2 Å². The lowest BCUT2D eigenvalue weighted by Gasteiger charge is -2.33. The number of hydrogen-bond acceptors (Lipinski definition) is 7. The highest BCUT2D eigenvalue weighted by molar-refractivity contribution is 5.72. The van der Waals surface area contributed by atoms with Gasteiger partial charge in [0.25, 0.3) is 0 Å². The van der Waals surface area contributed by atoms with Gasteiger partial charge in [-0.1, -0.05) is 146 Å². The second kappa shape index (κ2) is 34.5. The molecule has 2 N–H and O–H groups in total. The van der Waals surface area contributed by atoms with E-state index in [0.717, 1.165) is 63.5 Å². The molecular weight excluding hydrogens is 755 g/mol. The van der Waals surface area contributed by atoms with Gasteiger partial charge in [0.2, 0.25) is 0 Å². The number of nitrogens with zero attached hydrogens (tertiary/aromatic N) is 1. The van der Waals surface area contributed by atoms with Gasteiger partial charge in [-0.25, -0.2) is 14.4 Å². The molecule has 1 unspecified atom stereocenters. The SMILES string of the molecule is CCCCCCCC/C=C/CCCCCCCCNC(=O)OCCCCCCCCCCCCNC(=O)OC1CCCCN1C(=O)Oc1ccc(Oc2ccccc2)cc1. The van der Waals surface area contributed by atoms with E-state index in [9.17, 15) is 14.4 Å². The van der Waals surface area contributed by atoms with Crippen molar-refractivity contribution in [1.29, 1.82) is 0 Å². The van der Waals surface area contributed by atoms with Crippen molar-refractivity contribution in [3.8, 4) is 17.2 Å². The second-order valence-corrected chi connectivity index (χ2v) is 16.3. The lowest BCUT2D eigenvalue weighted by Crippen LogP contribution is -2.48. The highest BCUT2D eigenvalue weighted by atomic mass is 16.6. The molecule has 0 saturated carbocycles. The largest absolute Gasteiger partial charge is 0.457 e. The molecule has 3 rings (SSSR count). The average molecular weight is 834 g/mol. The van der Waals surface area contributed by atoms with Gasteiger partial charge in [-0.2, -0.15) is 0 Å². The van der Waals surface area contributed by atoms with Gasteiger partial charge in [-0.15, -0.1) is 0 Å². The van der Waals surface area contributed by atoms with Gasteiger partial charge in [-0.05, 0) is 94.2 Å². The summed E-state index contributed by atoms with van der Waals surface area (Å²) < 4.78 is 22.4. The molecule has 1 atom stereocenters. The molecule has 0 bridgehead atoms. The van der Waals surface area contributed by atoms with E-state index in [2.05, 4.69) is 29.7 Å². The predicted molar refractivity (Wildman–Crippen MR) is 243 cm³/mol. The van der Waals surface area contributed by atoms with Crippen LogP contribution in [0.4, 0.5) is 14.4 Å². The number of carbonyl (C=O) groups is 3. The number of nitrogens with one attached hydrogen (secondary N) is 2. The molecule has 1 saturated heterocycles. The second-order valence-electron chi connectivity index (χ2n) is 16.3. The lowest BCUT2D eigenvalue weighted by molar-refractivity contribution is -0.0224. The van der Waals surface area contributed by atoms with Crippen LogP contribution in [0.15, 0.2) is 66.7 Å². The summed E-state index contributed by atoms with van der Waals surface area (Å²) in [6.45, 7) is 4.48. The minimum absolute atomic E-state index is 0.280. The third-order valence-corrected chi connectivity index (χ3v) is 11.0. The molecule has 1 heterocycles. The van der Waals surface area contributed by atoms with Gasteiger partial charge < -0.3 is 29.6 Å². The highest BCUT2D eigenvalue weighted by Gasteiger charge is 2.31. The highest BCUT2D eigenvalue weighted by Crippen LogP contribution is 2.25. The molecule has 60 heavy (non-hydrogen) atoms. The Balaban J connectivity index is 1.05. The quantitative estimate of drug-likeness (QED) is 0.0543. The van der Waals surface area contributed by atoms with Crippen molar-refractivity contribution < 1.29 is 33.3 Å². The molecule has 3 amide bonds. The first-order valence-electron chi connectivity index (χ1n) is 23.9. The topological polar surface area (TPSA) is 115 Å². The number of unbranched alkanes of at least 4 members (excludes halogenated alkanes) is 21. The summed E-state index contributed by atoms with van der Waals surface area (Å²) in [6.07, 6.45) is 34.1. The molecule has 2 aromatic carbocycles. The van der Waals surface area contributed by atoms with E-state index in [1.54, 1.807) is 24.3 Å². The number of amides is 3. The third-order valence-electron chi connectivity index (χ3n) is 11.0.